The molecule has 0 radical (unpaired) electrons. The van der Waals surface area contributed by atoms with Crippen molar-refractivity contribution in [2.24, 2.45) is 0 Å². The van der Waals surface area contributed by atoms with Crippen molar-refractivity contribution in [3.05, 3.63) is 47.2 Å². The summed E-state index contributed by atoms with van der Waals surface area (Å²) in [6.07, 6.45) is 3.46. The monoisotopic (exact) mass is 265 g/mol. The molecule has 2 aromatic rings. The van der Waals surface area contributed by atoms with Gasteiger partial charge in [0.2, 0.25) is 0 Å². The quantitative estimate of drug-likeness (QED) is 0.678. The number of carbonyl (C=O) groups is 1. The third kappa shape index (κ3) is 3.01. The zero-order valence-electron chi connectivity index (χ0n) is 9.54. The van der Waals surface area contributed by atoms with E-state index < -0.39 is 5.97 Å². The number of nitrogen functional groups attached to an aromatic ring is 1. The first-order valence-electron chi connectivity index (χ1n) is 5.36. The van der Waals surface area contributed by atoms with Crippen molar-refractivity contribution in [1.82, 2.24) is 9.78 Å². The van der Waals surface area contributed by atoms with Crippen LogP contribution in [-0.2, 0) is 11.3 Å². The Morgan fingerprint density at radius 3 is 3.06 bits per heavy atom. The van der Waals surface area contributed by atoms with Crippen LogP contribution in [0.25, 0.3) is 0 Å². The van der Waals surface area contributed by atoms with Gasteiger partial charge in [-0.05, 0) is 24.3 Å². The molecule has 0 fully saturated rings. The predicted octanol–water partition coefficient (Wildman–Crippen LogP) is 1.98. The minimum atomic E-state index is -0.484. The first kappa shape index (κ1) is 12.4. The van der Waals surface area contributed by atoms with E-state index in [1.54, 1.807) is 35.3 Å². The zero-order chi connectivity index (χ0) is 13.0. The van der Waals surface area contributed by atoms with Crippen molar-refractivity contribution < 1.29 is 9.53 Å². The molecule has 0 saturated carbocycles. The van der Waals surface area contributed by atoms with E-state index in [-0.39, 0.29) is 12.2 Å². The van der Waals surface area contributed by atoms with Crippen molar-refractivity contribution in [1.29, 1.82) is 0 Å². The summed E-state index contributed by atoms with van der Waals surface area (Å²) in [6, 6.07) is 6.49. The molecule has 0 unspecified atom stereocenters. The Morgan fingerprint density at radius 2 is 2.33 bits per heavy atom. The highest BCUT2D eigenvalue weighted by molar-refractivity contribution is 6.31. The summed E-state index contributed by atoms with van der Waals surface area (Å²) >= 11 is 5.80. The third-order valence-electron chi connectivity index (χ3n) is 2.35. The lowest BCUT2D eigenvalue weighted by molar-refractivity contribution is 0.0489. The fourth-order valence-corrected chi connectivity index (χ4v) is 1.62. The maximum absolute atomic E-state index is 11.8. The third-order valence-corrected chi connectivity index (χ3v) is 2.58. The number of ether oxygens (including phenoxy) is 1. The van der Waals surface area contributed by atoms with Gasteiger partial charge in [-0.2, -0.15) is 5.10 Å². The van der Waals surface area contributed by atoms with E-state index in [2.05, 4.69) is 5.10 Å². The Hall–Kier alpha value is -2.01. The molecular formula is C12H12ClN3O2. The SMILES string of the molecule is Nc1ccc(Cl)cc1C(=O)OCCn1cccn1. The maximum atomic E-state index is 11.8. The molecule has 0 amide bonds. The van der Waals surface area contributed by atoms with Crippen LogP contribution in [0.1, 0.15) is 10.4 Å². The van der Waals surface area contributed by atoms with E-state index >= 15 is 0 Å². The van der Waals surface area contributed by atoms with Gasteiger partial charge < -0.3 is 10.5 Å². The molecule has 2 N–H and O–H groups in total. The Bertz CT molecular complexity index is 540. The Morgan fingerprint density at radius 1 is 1.50 bits per heavy atom. The van der Waals surface area contributed by atoms with E-state index in [0.717, 1.165) is 0 Å². The molecule has 1 heterocycles. The lowest BCUT2D eigenvalue weighted by Crippen LogP contribution is -2.13. The second kappa shape index (κ2) is 5.55. The van der Waals surface area contributed by atoms with E-state index in [4.69, 9.17) is 22.1 Å². The van der Waals surface area contributed by atoms with Gasteiger partial charge in [-0.3, -0.25) is 4.68 Å². The number of esters is 1. The second-order valence-electron chi connectivity index (χ2n) is 3.64. The average molecular weight is 266 g/mol. The molecule has 0 spiro atoms. The minimum absolute atomic E-state index is 0.229. The van der Waals surface area contributed by atoms with Gasteiger partial charge in [0.25, 0.3) is 0 Å². The molecule has 0 aliphatic rings. The smallest absolute Gasteiger partial charge is 0.340 e. The molecule has 1 aromatic heterocycles. The number of aromatic nitrogens is 2. The fourth-order valence-electron chi connectivity index (χ4n) is 1.45. The molecule has 0 bridgehead atoms. The van der Waals surface area contributed by atoms with Gasteiger partial charge in [0.1, 0.15) is 6.61 Å². The molecule has 2 rings (SSSR count). The highest BCUT2D eigenvalue weighted by Gasteiger charge is 2.11. The van der Waals surface area contributed by atoms with Gasteiger partial charge >= 0.3 is 5.97 Å². The van der Waals surface area contributed by atoms with Crippen molar-refractivity contribution in [2.45, 2.75) is 6.54 Å². The van der Waals surface area contributed by atoms with E-state index in [1.807, 2.05) is 0 Å². The number of benzene rings is 1. The number of rotatable bonds is 4. The highest BCUT2D eigenvalue weighted by Crippen LogP contribution is 2.18. The largest absolute Gasteiger partial charge is 0.460 e. The molecule has 0 aliphatic heterocycles. The van der Waals surface area contributed by atoms with Crippen molar-refractivity contribution in [3.8, 4) is 0 Å². The van der Waals surface area contributed by atoms with Gasteiger partial charge in [-0.15, -0.1) is 0 Å². The molecule has 94 valence electrons. The van der Waals surface area contributed by atoms with Crippen molar-refractivity contribution in [3.63, 3.8) is 0 Å². The number of halogens is 1. The molecule has 1 aromatic carbocycles. The second-order valence-corrected chi connectivity index (χ2v) is 4.07. The van der Waals surface area contributed by atoms with Crippen molar-refractivity contribution in [2.75, 3.05) is 12.3 Å². The minimum Gasteiger partial charge on any atom is -0.460 e. The van der Waals surface area contributed by atoms with Gasteiger partial charge in [0.15, 0.2) is 0 Å². The predicted molar refractivity (Wildman–Crippen MR) is 68.4 cm³/mol. The van der Waals surface area contributed by atoms with E-state index in [9.17, 15) is 4.79 Å². The lowest BCUT2D eigenvalue weighted by Gasteiger charge is -2.07. The summed E-state index contributed by atoms with van der Waals surface area (Å²) < 4.78 is 6.77. The van der Waals surface area contributed by atoms with Crippen LogP contribution in [0, 0.1) is 0 Å². The number of hydrogen-bond donors (Lipinski definition) is 1. The van der Waals surface area contributed by atoms with E-state index in [0.29, 0.717) is 17.3 Å². The Balaban J connectivity index is 1.93. The van der Waals surface area contributed by atoms with Crippen LogP contribution in [0.4, 0.5) is 5.69 Å². The number of hydrogen-bond acceptors (Lipinski definition) is 4. The molecule has 18 heavy (non-hydrogen) atoms. The number of anilines is 1. The maximum Gasteiger partial charge on any atom is 0.340 e. The molecule has 0 saturated heterocycles. The molecule has 6 heteroatoms. The fraction of sp³-hybridized carbons (Fsp3) is 0.167. The van der Waals surface area contributed by atoms with Crippen LogP contribution in [0.3, 0.4) is 0 Å². The first-order chi connectivity index (χ1) is 8.66. The van der Waals surface area contributed by atoms with Crippen LogP contribution in [0.5, 0.6) is 0 Å². The first-order valence-corrected chi connectivity index (χ1v) is 5.74. The summed E-state index contributed by atoms with van der Waals surface area (Å²) in [5.74, 6) is -0.484. The summed E-state index contributed by atoms with van der Waals surface area (Å²) in [5.41, 5.74) is 6.31. The number of nitrogens with zero attached hydrogens (tertiary/aromatic N) is 2. The van der Waals surface area contributed by atoms with Gasteiger partial charge in [0.05, 0.1) is 12.1 Å². The van der Waals surface area contributed by atoms with Crippen LogP contribution in [0.15, 0.2) is 36.7 Å². The van der Waals surface area contributed by atoms with Crippen molar-refractivity contribution >= 4 is 23.3 Å². The van der Waals surface area contributed by atoms with Crippen LogP contribution < -0.4 is 5.73 Å². The van der Waals surface area contributed by atoms with Gasteiger partial charge in [0, 0.05) is 23.1 Å². The van der Waals surface area contributed by atoms with Gasteiger partial charge in [-0.1, -0.05) is 11.6 Å². The van der Waals surface area contributed by atoms with Gasteiger partial charge in [-0.25, -0.2) is 4.79 Å². The summed E-state index contributed by atoms with van der Waals surface area (Å²) in [5, 5.41) is 4.44. The molecule has 5 nitrogen and oxygen atoms in total. The summed E-state index contributed by atoms with van der Waals surface area (Å²) in [4.78, 5) is 11.8. The highest BCUT2D eigenvalue weighted by atomic mass is 35.5. The summed E-state index contributed by atoms with van der Waals surface area (Å²) in [7, 11) is 0. The van der Waals surface area contributed by atoms with Crippen LogP contribution in [0.2, 0.25) is 5.02 Å². The molecule has 0 aliphatic carbocycles. The van der Waals surface area contributed by atoms with Crippen LogP contribution >= 0.6 is 11.6 Å². The molecule has 0 atom stereocenters. The van der Waals surface area contributed by atoms with E-state index in [1.165, 1.54) is 6.07 Å². The normalized spacial score (nSPS) is 10.3. The van der Waals surface area contributed by atoms with Crippen LogP contribution in [-0.4, -0.2) is 22.4 Å². The summed E-state index contributed by atoms with van der Waals surface area (Å²) in [6.45, 7) is 0.728. The average Bonchev–Trinajstić information content (AvgIpc) is 2.85. The number of carbonyl (C=O) groups excluding carboxylic acids is 1. The topological polar surface area (TPSA) is 70.1 Å². The lowest BCUT2D eigenvalue weighted by atomic mass is 10.2. The standard InChI is InChI=1S/C12H12ClN3O2/c13-9-2-3-11(14)10(8-9)12(17)18-7-6-16-5-1-4-15-16/h1-5,8H,6-7,14H2. The molecular weight excluding hydrogens is 254 g/mol. The Kier molecular flexibility index (Phi) is 3.84. The Labute approximate surface area is 109 Å². The number of nitrogens with two attached hydrogens (primary N) is 1. The zero-order valence-corrected chi connectivity index (χ0v) is 10.3.